The number of aromatic amines is 1. The van der Waals surface area contributed by atoms with Crippen LogP contribution in [0.3, 0.4) is 0 Å². The van der Waals surface area contributed by atoms with Gasteiger partial charge in [0.15, 0.2) is 0 Å². The number of aryl methyl sites for hydroxylation is 1. The summed E-state index contributed by atoms with van der Waals surface area (Å²) in [6, 6.07) is 0.183. The monoisotopic (exact) mass is 290 g/mol. The van der Waals surface area contributed by atoms with Gasteiger partial charge in [-0.25, -0.2) is 0 Å². The summed E-state index contributed by atoms with van der Waals surface area (Å²) in [4.78, 5) is 25.5. The molecule has 1 fully saturated rings. The maximum atomic E-state index is 12.0. The topological polar surface area (TPSA) is 78.1 Å². The summed E-state index contributed by atoms with van der Waals surface area (Å²) in [5, 5.41) is 10.1. The zero-order chi connectivity index (χ0) is 14.7. The Morgan fingerprint density at radius 1 is 1.43 bits per heavy atom. The Bertz CT molecular complexity index is 525. The number of piperidine rings is 1. The second-order valence-corrected chi connectivity index (χ2v) is 5.97. The Morgan fingerprint density at radius 3 is 3.19 bits per heavy atom. The third-order valence-corrected chi connectivity index (χ3v) is 4.42. The van der Waals surface area contributed by atoms with Crippen molar-refractivity contribution in [1.82, 2.24) is 20.4 Å². The first kappa shape index (κ1) is 14.1. The molecule has 1 aliphatic carbocycles. The van der Waals surface area contributed by atoms with Crippen LogP contribution >= 0.6 is 0 Å². The van der Waals surface area contributed by atoms with Crippen molar-refractivity contribution >= 4 is 11.8 Å². The summed E-state index contributed by atoms with van der Waals surface area (Å²) in [5.74, 6) is 0.232. The normalized spacial score (nSPS) is 22.0. The molecule has 114 valence electrons. The standard InChI is InChI=1S/C15H22N4O2/c20-14(6-8-19-7-2-1-3-15(19)21)17-12-5-4-11-10-16-18-13(11)9-12/h10,12H,1-9H2,(H,16,18)(H,17,20)/t12-/m1/s1. The van der Waals surface area contributed by atoms with Crippen LogP contribution in [0.25, 0.3) is 0 Å². The van der Waals surface area contributed by atoms with E-state index < -0.39 is 0 Å². The molecule has 1 aromatic rings. The Kier molecular flexibility index (Phi) is 4.22. The fraction of sp³-hybridized carbons (Fsp3) is 0.667. The Morgan fingerprint density at radius 2 is 2.33 bits per heavy atom. The van der Waals surface area contributed by atoms with Crippen LogP contribution in [0, 0.1) is 0 Å². The van der Waals surface area contributed by atoms with Crippen molar-refractivity contribution in [2.45, 2.75) is 51.0 Å². The molecule has 21 heavy (non-hydrogen) atoms. The van der Waals surface area contributed by atoms with Gasteiger partial charge in [0.2, 0.25) is 11.8 Å². The molecule has 6 heteroatoms. The molecular formula is C15H22N4O2. The highest BCUT2D eigenvalue weighted by atomic mass is 16.2. The zero-order valence-electron chi connectivity index (χ0n) is 12.2. The number of aromatic nitrogens is 2. The highest BCUT2D eigenvalue weighted by Crippen LogP contribution is 2.19. The molecule has 2 aliphatic rings. The number of hydrogen-bond donors (Lipinski definition) is 2. The van der Waals surface area contributed by atoms with E-state index in [4.69, 9.17) is 0 Å². The number of nitrogens with zero attached hydrogens (tertiary/aromatic N) is 2. The zero-order valence-corrected chi connectivity index (χ0v) is 12.2. The molecule has 0 aromatic carbocycles. The predicted octanol–water partition coefficient (Wildman–Crippen LogP) is 0.786. The molecule has 0 unspecified atom stereocenters. The summed E-state index contributed by atoms with van der Waals surface area (Å²) in [6.07, 6.45) is 7.68. The lowest BCUT2D eigenvalue weighted by Crippen LogP contribution is -2.42. The first-order valence-electron chi connectivity index (χ1n) is 7.80. The van der Waals surface area contributed by atoms with Crippen LogP contribution in [0.4, 0.5) is 0 Å². The fourth-order valence-electron chi connectivity index (χ4n) is 3.17. The summed E-state index contributed by atoms with van der Waals surface area (Å²) >= 11 is 0. The van der Waals surface area contributed by atoms with Crippen molar-refractivity contribution < 1.29 is 9.59 Å². The third kappa shape index (κ3) is 3.43. The highest BCUT2D eigenvalue weighted by molar-refractivity contribution is 5.79. The fourth-order valence-corrected chi connectivity index (χ4v) is 3.17. The van der Waals surface area contributed by atoms with Crippen molar-refractivity contribution in [1.29, 1.82) is 0 Å². The first-order valence-corrected chi connectivity index (χ1v) is 7.80. The molecule has 0 spiro atoms. The molecule has 2 amide bonds. The van der Waals surface area contributed by atoms with E-state index in [0.29, 0.717) is 19.4 Å². The van der Waals surface area contributed by atoms with E-state index >= 15 is 0 Å². The summed E-state index contributed by atoms with van der Waals surface area (Å²) in [7, 11) is 0. The van der Waals surface area contributed by atoms with Crippen molar-refractivity contribution in [2.24, 2.45) is 0 Å². The molecule has 1 aromatic heterocycles. The van der Waals surface area contributed by atoms with Crippen LogP contribution in [0.1, 0.15) is 43.4 Å². The molecule has 1 atom stereocenters. The van der Waals surface area contributed by atoms with E-state index in [9.17, 15) is 9.59 Å². The van der Waals surface area contributed by atoms with Crippen LogP contribution in [-0.2, 0) is 22.4 Å². The van der Waals surface area contributed by atoms with Crippen molar-refractivity contribution in [3.63, 3.8) is 0 Å². The molecule has 2 N–H and O–H groups in total. The van der Waals surface area contributed by atoms with E-state index in [1.165, 1.54) is 5.56 Å². The summed E-state index contributed by atoms with van der Waals surface area (Å²) in [6.45, 7) is 1.35. The maximum Gasteiger partial charge on any atom is 0.222 e. The van der Waals surface area contributed by atoms with Gasteiger partial charge >= 0.3 is 0 Å². The van der Waals surface area contributed by atoms with Gasteiger partial charge in [-0.15, -0.1) is 0 Å². The maximum absolute atomic E-state index is 12.0. The van der Waals surface area contributed by atoms with Gasteiger partial charge < -0.3 is 10.2 Å². The second kappa shape index (κ2) is 6.28. The summed E-state index contributed by atoms with van der Waals surface area (Å²) < 4.78 is 0. The molecule has 0 bridgehead atoms. The van der Waals surface area contributed by atoms with Crippen LogP contribution in [0.2, 0.25) is 0 Å². The van der Waals surface area contributed by atoms with E-state index in [0.717, 1.165) is 44.3 Å². The number of fused-ring (bicyclic) bond motifs is 1. The van der Waals surface area contributed by atoms with Crippen molar-refractivity contribution in [3.05, 3.63) is 17.5 Å². The molecule has 3 rings (SSSR count). The van der Waals surface area contributed by atoms with Crippen LogP contribution in [-0.4, -0.2) is 46.0 Å². The predicted molar refractivity (Wildman–Crippen MR) is 77.6 cm³/mol. The van der Waals surface area contributed by atoms with Crippen molar-refractivity contribution in [2.75, 3.05) is 13.1 Å². The van der Waals surface area contributed by atoms with Gasteiger partial charge in [-0.2, -0.15) is 5.10 Å². The van der Waals surface area contributed by atoms with Gasteiger partial charge in [0.05, 0.1) is 6.20 Å². The van der Waals surface area contributed by atoms with Gasteiger partial charge in [0.1, 0.15) is 0 Å². The van der Waals surface area contributed by atoms with Crippen LogP contribution < -0.4 is 5.32 Å². The first-order chi connectivity index (χ1) is 10.2. The van der Waals surface area contributed by atoms with Gasteiger partial charge in [-0.1, -0.05) is 0 Å². The largest absolute Gasteiger partial charge is 0.353 e. The number of rotatable bonds is 4. The minimum absolute atomic E-state index is 0.0429. The minimum Gasteiger partial charge on any atom is -0.353 e. The number of H-pyrrole nitrogens is 1. The van der Waals surface area contributed by atoms with E-state index in [1.54, 1.807) is 0 Å². The Hall–Kier alpha value is -1.85. The molecule has 0 radical (unpaired) electrons. The second-order valence-electron chi connectivity index (χ2n) is 5.97. The average molecular weight is 290 g/mol. The molecular weight excluding hydrogens is 268 g/mol. The molecule has 1 saturated heterocycles. The Labute approximate surface area is 124 Å². The number of amides is 2. The molecule has 0 saturated carbocycles. The molecule has 6 nitrogen and oxygen atoms in total. The minimum atomic E-state index is 0.0429. The lowest BCUT2D eigenvalue weighted by molar-refractivity contribution is -0.133. The van der Waals surface area contributed by atoms with Crippen LogP contribution in [0.5, 0.6) is 0 Å². The van der Waals surface area contributed by atoms with E-state index in [1.807, 2.05) is 11.1 Å². The third-order valence-electron chi connectivity index (χ3n) is 4.42. The van der Waals surface area contributed by atoms with Gasteiger partial charge in [0.25, 0.3) is 0 Å². The lowest BCUT2D eigenvalue weighted by Gasteiger charge is -2.27. The molecule has 2 heterocycles. The number of carbonyl (C=O) groups excluding carboxylic acids is 2. The number of carbonyl (C=O) groups is 2. The molecule has 1 aliphatic heterocycles. The van der Waals surface area contributed by atoms with Gasteiger partial charge in [-0.05, 0) is 31.2 Å². The highest BCUT2D eigenvalue weighted by Gasteiger charge is 2.22. The smallest absolute Gasteiger partial charge is 0.222 e. The number of likely N-dealkylation sites (tertiary alicyclic amines) is 1. The van der Waals surface area contributed by atoms with Crippen LogP contribution in [0.15, 0.2) is 6.20 Å². The quantitative estimate of drug-likeness (QED) is 0.860. The lowest BCUT2D eigenvalue weighted by atomic mass is 9.93. The summed E-state index contributed by atoms with van der Waals surface area (Å²) in [5.41, 5.74) is 2.40. The van der Waals surface area contributed by atoms with E-state index in [-0.39, 0.29) is 17.9 Å². The SMILES string of the molecule is O=C(CCN1CCCCC1=O)N[C@@H]1CCc2cn[nH]c2C1. The number of hydrogen-bond acceptors (Lipinski definition) is 3. The number of nitrogens with one attached hydrogen (secondary N) is 2. The van der Waals surface area contributed by atoms with Gasteiger partial charge in [0, 0.05) is 44.1 Å². The van der Waals surface area contributed by atoms with E-state index in [2.05, 4.69) is 15.5 Å². The van der Waals surface area contributed by atoms with Crippen molar-refractivity contribution in [3.8, 4) is 0 Å². The Balaban J connectivity index is 1.43. The average Bonchev–Trinajstić information content (AvgIpc) is 2.94. The van der Waals surface area contributed by atoms with Gasteiger partial charge in [-0.3, -0.25) is 14.7 Å².